The van der Waals surface area contributed by atoms with Crippen LogP contribution in [0.1, 0.15) is 52.9 Å². The molecular weight excluding hydrogens is 287 g/mol. The predicted molar refractivity (Wildman–Crippen MR) is 95.5 cm³/mol. The Morgan fingerprint density at radius 2 is 2.00 bits per heavy atom. The average Bonchev–Trinajstić information content (AvgIpc) is 2.77. The zero-order chi connectivity index (χ0) is 17.3. The van der Waals surface area contributed by atoms with Gasteiger partial charge in [-0.15, -0.1) is 0 Å². The van der Waals surface area contributed by atoms with Crippen LogP contribution in [-0.2, 0) is 0 Å². The lowest BCUT2D eigenvalue weighted by Gasteiger charge is -2.39. The van der Waals surface area contributed by atoms with Gasteiger partial charge < -0.3 is 10.2 Å². The van der Waals surface area contributed by atoms with E-state index in [9.17, 15) is 4.39 Å². The second-order valence-corrected chi connectivity index (χ2v) is 6.95. The Balaban J connectivity index is 2.20. The van der Waals surface area contributed by atoms with Crippen LogP contribution in [0.15, 0.2) is 54.2 Å². The second kappa shape index (κ2) is 6.41. The topological polar surface area (TPSA) is 15.3 Å². The van der Waals surface area contributed by atoms with E-state index in [0.29, 0.717) is 19.4 Å². The monoisotopic (exact) mass is 316 g/mol. The lowest BCUT2D eigenvalue weighted by molar-refractivity contribution is 0.0947. The molecule has 1 N–H and O–H groups in total. The van der Waals surface area contributed by atoms with Crippen molar-refractivity contribution >= 4 is 0 Å². The van der Waals surface area contributed by atoms with Crippen molar-refractivity contribution in [2.45, 2.75) is 64.1 Å². The smallest absolute Gasteiger partial charge is 0.151 e. The summed E-state index contributed by atoms with van der Waals surface area (Å²) in [6.07, 6.45) is 5.66. The van der Waals surface area contributed by atoms with Crippen molar-refractivity contribution < 1.29 is 4.39 Å². The molecule has 0 aromatic heterocycles. The first-order valence-electron chi connectivity index (χ1n) is 8.46. The van der Waals surface area contributed by atoms with E-state index >= 15 is 0 Å². The van der Waals surface area contributed by atoms with Gasteiger partial charge in [-0.1, -0.05) is 38.5 Å². The first kappa shape index (κ1) is 17.6. The molecule has 2 fully saturated rings. The van der Waals surface area contributed by atoms with Crippen LogP contribution in [0.5, 0.6) is 0 Å². The van der Waals surface area contributed by atoms with Crippen molar-refractivity contribution in [1.82, 2.24) is 10.2 Å². The van der Waals surface area contributed by atoms with Crippen LogP contribution in [-0.4, -0.2) is 22.7 Å². The van der Waals surface area contributed by atoms with E-state index in [1.165, 1.54) is 5.57 Å². The third-order valence-electron chi connectivity index (χ3n) is 5.35. The molecule has 2 aliphatic rings. The number of alkyl halides is 1. The van der Waals surface area contributed by atoms with E-state index < -0.39 is 5.67 Å². The summed E-state index contributed by atoms with van der Waals surface area (Å²) >= 11 is 0. The highest BCUT2D eigenvalue weighted by atomic mass is 19.1. The summed E-state index contributed by atoms with van der Waals surface area (Å²) in [4.78, 5) is 2.11. The fourth-order valence-electron chi connectivity index (χ4n) is 3.64. The largest absolute Gasteiger partial charge is 0.354 e. The minimum atomic E-state index is -1.07. The maximum atomic E-state index is 14.2. The SMILES string of the molecule is C=C=C1NC2(CCC(C)(F)CC2)C(=C)N1CC(=C)/C(=C/C)CC. The summed E-state index contributed by atoms with van der Waals surface area (Å²) < 4.78 is 14.2. The molecule has 1 aliphatic carbocycles. The summed E-state index contributed by atoms with van der Waals surface area (Å²) in [5.41, 5.74) is 4.98. The first-order chi connectivity index (χ1) is 10.8. The Morgan fingerprint density at radius 1 is 1.39 bits per heavy atom. The molecule has 0 aromatic rings. The van der Waals surface area contributed by atoms with Crippen molar-refractivity contribution in [3.63, 3.8) is 0 Å². The van der Waals surface area contributed by atoms with E-state index in [1.807, 2.05) is 6.92 Å². The van der Waals surface area contributed by atoms with E-state index in [1.54, 1.807) is 6.92 Å². The van der Waals surface area contributed by atoms with Gasteiger partial charge >= 0.3 is 0 Å². The lowest BCUT2D eigenvalue weighted by atomic mass is 9.74. The van der Waals surface area contributed by atoms with Crippen LogP contribution in [0.25, 0.3) is 0 Å². The Bertz CT molecular complexity index is 581. The fourth-order valence-corrected chi connectivity index (χ4v) is 3.64. The minimum absolute atomic E-state index is 0.256. The van der Waals surface area contributed by atoms with Gasteiger partial charge in [0.2, 0.25) is 0 Å². The maximum absolute atomic E-state index is 14.2. The van der Waals surface area contributed by atoms with Gasteiger partial charge in [0.05, 0.1) is 5.54 Å². The van der Waals surface area contributed by atoms with Crippen LogP contribution >= 0.6 is 0 Å². The predicted octanol–water partition coefficient (Wildman–Crippen LogP) is 4.99. The van der Waals surface area contributed by atoms with E-state index in [4.69, 9.17) is 0 Å². The molecule has 0 aromatic carbocycles. The van der Waals surface area contributed by atoms with Gasteiger partial charge in [-0.05, 0) is 57.1 Å². The van der Waals surface area contributed by atoms with Gasteiger partial charge in [-0.25, -0.2) is 4.39 Å². The number of halogens is 1. The number of hydrogen-bond donors (Lipinski definition) is 1. The maximum Gasteiger partial charge on any atom is 0.151 e. The second-order valence-electron chi connectivity index (χ2n) is 6.95. The summed E-state index contributed by atoms with van der Waals surface area (Å²) in [5, 5.41) is 3.52. The Morgan fingerprint density at radius 3 is 2.48 bits per heavy atom. The average molecular weight is 316 g/mol. The number of nitrogens with one attached hydrogen (secondary N) is 1. The highest BCUT2D eigenvalue weighted by Crippen LogP contribution is 2.45. The van der Waals surface area contributed by atoms with Crippen LogP contribution in [0.2, 0.25) is 0 Å². The van der Waals surface area contributed by atoms with Gasteiger partial charge in [0.15, 0.2) is 5.82 Å². The summed E-state index contributed by atoms with van der Waals surface area (Å²) in [6.45, 7) is 18.9. The molecule has 3 heteroatoms. The highest BCUT2D eigenvalue weighted by molar-refractivity contribution is 5.36. The molecule has 1 heterocycles. The molecule has 2 rings (SSSR count). The third kappa shape index (κ3) is 3.30. The molecule has 23 heavy (non-hydrogen) atoms. The molecular formula is C20H29FN2. The lowest BCUT2D eigenvalue weighted by Crippen LogP contribution is -2.46. The Hall–Kier alpha value is -1.73. The molecule has 0 radical (unpaired) electrons. The first-order valence-corrected chi connectivity index (χ1v) is 8.46. The molecule has 1 saturated carbocycles. The zero-order valence-corrected chi connectivity index (χ0v) is 14.8. The quantitative estimate of drug-likeness (QED) is 0.581. The molecule has 2 nitrogen and oxygen atoms in total. The van der Waals surface area contributed by atoms with Crippen LogP contribution in [0, 0.1) is 0 Å². The Kier molecular flexibility index (Phi) is 4.91. The molecule has 0 unspecified atom stereocenters. The van der Waals surface area contributed by atoms with Gasteiger partial charge in [-0.3, -0.25) is 0 Å². The summed E-state index contributed by atoms with van der Waals surface area (Å²) in [6, 6.07) is 0. The summed E-state index contributed by atoms with van der Waals surface area (Å²) in [5.74, 6) is 0.838. The number of allylic oxidation sites excluding steroid dienone is 1. The van der Waals surface area contributed by atoms with Gasteiger partial charge in [0.25, 0.3) is 0 Å². The summed E-state index contributed by atoms with van der Waals surface area (Å²) in [7, 11) is 0. The van der Waals surface area contributed by atoms with Crippen LogP contribution < -0.4 is 5.32 Å². The van der Waals surface area contributed by atoms with Gasteiger partial charge in [0, 0.05) is 12.2 Å². The molecule has 1 aliphatic heterocycles. The highest BCUT2D eigenvalue weighted by Gasteiger charge is 2.48. The third-order valence-corrected chi connectivity index (χ3v) is 5.35. The Labute approximate surface area is 140 Å². The van der Waals surface area contributed by atoms with Crippen LogP contribution in [0.4, 0.5) is 4.39 Å². The van der Waals surface area contributed by atoms with E-state index in [2.05, 4.69) is 48.7 Å². The van der Waals surface area contributed by atoms with Gasteiger partial charge in [-0.2, -0.15) is 0 Å². The standard InChI is InChI=1S/C20H29FN2/c1-7-17(8-2)15(4)14-23-16(5)20(22-18(23)9-3)12-10-19(6,21)11-13-20/h7,22H,3-5,8,10-14H2,1-2,6H3/b17-7+. The van der Waals surface area contributed by atoms with Gasteiger partial charge in [0.1, 0.15) is 5.67 Å². The number of nitrogens with zero attached hydrogens (tertiary/aromatic N) is 1. The van der Waals surface area contributed by atoms with Crippen molar-refractivity contribution in [2.75, 3.05) is 6.54 Å². The minimum Gasteiger partial charge on any atom is -0.354 e. The zero-order valence-electron chi connectivity index (χ0n) is 14.8. The fraction of sp³-hybridized carbons (Fsp3) is 0.550. The molecule has 0 amide bonds. The molecule has 1 saturated heterocycles. The molecule has 0 bridgehead atoms. The molecule has 1 spiro atoms. The number of hydrogen-bond acceptors (Lipinski definition) is 2. The van der Waals surface area contributed by atoms with E-state index in [0.717, 1.165) is 36.4 Å². The van der Waals surface area contributed by atoms with Crippen molar-refractivity contribution in [2.24, 2.45) is 0 Å². The molecule has 0 atom stereocenters. The van der Waals surface area contributed by atoms with Crippen molar-refractivity contribution in [3.05, 3.63) is 54.2 Å². The van der Waals surface area contributed by atoms with Crippen molar-refractivity contribution in [1.29, 1.82) is 0 Å². The van der Waals surface area contributed by atoms with Crippen LogP contribution in [0.3, 0.4) is 0 Å². The number of rotatable bonds is 4. The molecule has 126 valence electrons. The van der Waals surface area contributed by atoms with Crippen molar-refractivity contribution in [3.8, 4) is 0 Å². The van der Waals surface area contributed by atoms with E-state index in [-0.39, 0.29) is 5.54 Å². The normalized spacial score (nSPS) is 31.3.